The number of hydrogen-bond acceptors (Lipinski definition) is 1. The van der Waals surface area contributed by atoms with Crippen molar-refractivity contribution in [3.63, 3.8) is 0 Å². The van der Waals surface area contributed by atoms with Gasteiger partial charge in [0.25, 0.3) is 0 Å². The van der Waals surface area contributed by atoms with Gasteiger partial charge in [-0.3, -0.25) is 0 Å². The highest BCUT2D eigenvalue weighted by Gasteiger charge is 1.99. The van der Waals surface area contributed by atoms with Crippen molar-refractivity contribution in [2.24, 2.45) is 0 Å². The number of halogens is 1. The molecule has 1 heterocycles. The van der Waals surface area contributed by atoms with Crippen molar-refractivity contribution in [3.8, 4) is 11.3 Å². The van der Waals surface area contributed by atoms with Crippen LogP contribution in [0.1, 0.15) is 13.8 Å². The third-order valence-corrected chi connectivity index (χ3v) is 2.41. The fraction of sp³-hybridized carbons (Fsp3) is 0.200. The largest absolute Gasteiger partial charge is 0.310 e. The van der Waals surface area contributed by atoms with Gasteiger partial charge in [0, 0.05) is 16.0 Å². The van der Waals surface area contributed by atoms with E-state index in [4.69, 9.17) is 11.6 Å². The zero-order valence-corrected chi connectivity index (χ0v) is 9.25. The predicted octanol–water partition coefficient (Wildman–Crippen LogP) is 4.42. The van der Waals surface area contributed by atoms with E-state index in [1.807, 2.05) is 38.1 Å². The molecule has 0 amide bonds. The first-order chi connectivity index (χ1) is 6.36. The van der Waals surface area contributed by atoms with E-state index in [1.165, 1.54) is 0 Å². The molecule has 0 bridgehead atoms. The Hall–Kier alpha value is -0.730. The molecule has 1 N–H and O–H groups in total. The van der Waals surface area contributed by atoms with Crippen LogP contribution in [0, 0.1) is 0 Å². The molecule has 13 heavy (non-hydrogen) atoms. The summed E-state index contributed by atoms with van der Waals surface area (Å²) in [4.78, 5) is 0. The molecule has 2 aromatic rings. The standard InChI is InChI=1S/C8H6ClNS.C2H6/c9-7-3-1-2-6(4-7)8-5-11-10-8;1-2/h1-5,10H;1-2H3. The summed E-state index contributed by atoms with van der Waals surface area (Å²) in [5, 5.41) is 2.84. The Kier molecular flexibility index (Phi) is 4.06. The molecule has 1 aromatic carbocycles. The van der Waals surface area contributed by atoms with Gasteiger partial charge >= 0.3 is 0 Å². The van der Waals surface area contributed by atoms with Crippen LogP contribution in [-0.4, -0.2) is 4.37 Å². The highest BCUT2D eigenvalue weighted by Crippen LogP contribution is 2.23. The second-order valence-electron chi connectivity index (χ2n) is 2.26. The normalized spacial score (nSPS) is 9.15. The van der Waals surface area contributed by atoms with Gasteiger partial charge in [0.15, 0.2) is 0 Å². The van der Waals surface area contributed by atoms with Crippen LogP contribution in [0.3, 0.4) is 0 Å². The van der Waals surface area contributed by atoms with E-state index in [9.17, 15) is 0 Å². The van der Waals surface area contributed by atoms with Crippen molar-refractivity contribution < 1.29 is 0 Å². The van der Waals surface area contributed by atoms with Crippen molar-refractivity contribution in [1.82, 2.24) is 4.37 Å². The third kappa shape index (κ3) is 2.61. The summed E-state index contributed by atoms with van der Waals surface area (Å²) in [6.07, 6.45) is 0. The van der Waals surface area contributed by atoms with Gasteiger partial charge in [0.1, 0.15) is 0 Å². The maximum absolute atomic E-state index is 5.81. The average molecular weight is 214 g/mol. The number of aromatic nitrogens is 1. The fourth-order valence-electron chi connectivity index (χ4n) is 0.901. The maximum Gasteiger partial charge on any atom is 0.0663 e. The Morgan fingerprint density at radius 3 is 2.46 bits per heavy atom. The third-order valence-electron chi connectivity index (χ3n) is 1.48. The van der Waals surface area contributed by atoms with E-state index in [-0.39, 0.29) is 0 Å². The minimum atomic E-state index is 0.780. The lowest BCUT2D eigenvalue weighted by atomic mass is 10.2. The first kappa shape index (κ1) is 10.4. The van der Waals surface area contributed by atoms with Gasteiger partial charge < -0.3 is 4.37 Å². The predicted molar refractivity (Wildman–Crippen MR) is 60.5 cm³/mol. The van der Waals surface area contributed by atoms with Crippen molar-refractivity contribution in [3.05, 3.63) is 34.7 Å². The number of benzene rings is 1. The monoisotopic (exact) mass is 213 g/mol. The van der Waals surface area contributed by atoms with Crippen LogP contribution in [0.4, 0.5) is 0 Å². The van der Waals surface area contributed by atoms with Gasteiger partial charge in [0.2, 0.25) is 0 Å². The molecule has 0 fully saturated rings. The van der Waals surface area contributed by atoms with E-state index in [0.29, 0.717) is 0 Å². The minimum absolute atomic E-state index is 0.780. The quantitative estimate of drug-likeness (QED) is 0.722. The molecule has 0 aliphatic heterocycles. The van der Waals surface area contributed by atoms with Crippen LogP contribution >= 0.6 is 23.1 Å². The summed E-state index contributed by atoms with van der Waals surface area (Å²) in [5.41, 5.74) is 2.30. The van der Waals surface area contributed by atoms with Crippen molar-refractivity contribution in [2.45, 2.75) is 13.8 Å². The Bertz CT molecular complexity index is 342. The van der Waals surface area contributed by atoms with Crippen LogP contribution in [0.25, 0.3) is 11.3 Å². The van der Waals surface area contributed by atoms with Gasteiger partial charge in [-0.1, -0.05) is 49.1 Å². The first-order valence-electron chi connectivity index (χ1n) is 4.24. The summed E-state index contributed by atoms with van der Waals surface area (Å²) in [6, 6.07) is 7.80. The molecule has 3 heteroatoms. The van der Waals surface area contributed by atoms with E-state index in [0.717, 1.165) is 16.3 Å². The molecule has 1 nitrogen and oxygen atoms in total. The Balaban J connectivity index is 0.000000396. The molecule has 0 aliphatic carbocycles. The number of nitrogens with one attached hydrogen (secondary N) is 1. The van der Waals surface area contributed by atoms with Gasteiger partial charge in [-0.25, -0.2) is 0 Å². The second-order valence-corrected chi connectivity index (χ2v) is 3.37. The van der Waals surface area contributed by atoms with Crippen molar-refractivity contribution in [2.75, 3.05) is 0 Å². The zero-order valence-electron chi connectivity index (χ0n) is 7.67. The molecular formula is C10H12ClNS. The average Bonchev–Trinajstić information content (AvgIpc) is 2.05. The Morgan fingerprint density at radius 2 is 2.00 bits per heavy atom. The molecular weight excluding hydrogens is 202 g/mol. The van der Waals surface area contributed by atoms with Gasteiger partial charge in [-0.15, -0.1) is 0 Å². The lowest BCUT2D eigenvalue weighted by molar-refractivity contribution is 1.48. The molecule has 0 aliphatic rings. The highest BCUT2D eigenvalue weighted by atomic mass is 35.5. The first-order valence-corrected chi connectivity index (χ1v) is 5.50. The Morgan fingerprint density at radius 1 is 1.31 bits per heavy atom. The maximum atomic E-state index is 5.81. The molecule has 2 rings (SSSR count). The number of hydrogen-bond donors (Lipinski definition) is 1. The van der Waals surface area contributed by atoms with Gasteiger partial charge in [-0.2, -0.15) is 0 Å². The summed E-state index contributed by atoms with van der Waals surface area (Å²) in [5.74, 6) is 0. The molecule has 0 unspecified atom stereocenters. The topological polar surface area (TPSA) is 15.8 Å². The molecule has 1 aromatic heterocycles. The molecule has 0 atom stereocenters. The minimum Gasteiger partial charge on any atom is -0.310 e. The van der Waals surface area contributed by atoms with E-state index < -0.39 is 0 Å². The lowest BCUT2D eigenvalue weighted by Gasteiger charge is -2.02. The smallest absolute Gasteiger partial charge is 0.0663 e. The number of rotatable bonds is 1. The van der Waals surface area contributed by atoms with Crippen LogP contribution in [0.15, 0.2) is 29.6 Å². The Labute approximate surface area is 87.5 Å². The van der Waals surface area contributed by atoms with E-state index >= 15 is 0 Å². The van der Waals surface area contributed by atoms with Crippen LogP contribution < -0.4 is 0 Å². The van der Waals surface area contributed by atoms with Gasteiger partial charge in [0.05, 0.1) is 5.69 Å². The second kappa shape index (κ2) is 5.10. The molecule has 70 valence electrons. The summed E-state index contributed by atoms with van der Waals surface area (Å²) >= 11 is 7.40. The summed E-state index contributed by atoms with van der Waals surface area (Å²) in [7, 11) is 0. The fourth-order valence-corrected chi connectivity index (χ4v) is 1.58. The molecule has 0 radical (unpaired) electrons. The zero-order chi connectivity index (χ0) is 9.68. The molecule has 0 saturated heterocycles. The van der Waals surface area contributed by atoms with Crippen LogP contribution in [0.5, 0.6) is 0 Å². The van der Waals surface area contributed by atoms with Crippen LogP contribution in [-0.2, 0) is 0 Å². The number of aromatic amines is 1. The highest BCUT2D eigenvalue weighted by molar-refractivity contribution is 7.05. The van der Waals surface area contributed by atoms with Crippen molar-refractivity contribution in [1.29, 1.82) is 0 Å². The number of H-pyrrole nitrogens is 1. The molecule has 0 saturated carbocycles. The summed E-state index contributed by atoms with van der Waals surface area (Å²) < 4.78 is 3.11. The van der Waals surface area contributed by atoms with E-state index in [2.05, 4.69) is 9.75 Å². The van der Waals surface area contributed by atoms with Gasteiger partial charge in [-0.05, 0) is 12.1 Å². The van der Waals surface area contributed by atoms with E-state index in [1.54, 1.807) is 11.5 Å². The molecule has 0 spiro atoms. The lowest BCUT2D eigenvalue weighted by Crippen LogP contribution is -1.80. The SMILES string of the molecule is CC.Clc1cccc(-c2cs[nH]2)c1. The summed E-state index contributed by atoms with van der Waals surface area (Å²) in [6.45, 7) is 4.00. The van der Waals surface area contributed by atoms with Crippen molar-refractivity contribution >= 4 is 23.1 Å². The van der Waals surface area contributed by atoms with Crippen LogP contribution in [0.2, 0.25) is 5.02 Å².